The highest BCUT2D eigenvalue weighted by molar-refractivity contribution is 6.32. The highest BCUT2D eigenvalue weighted by atomic mass is 35.5. The first kappa shape index (κ1) is 12.6. The number of ether oxygens (including phenoxy) is 2. The van der Waals surface area contributed by atoms with Crippen molar-refractivity contribution >= 4 is 17.6 Å². The number of aliphatic hydroxyl groups excluding tert-OH is 1. The van der Waals surface area contributed by atoms with E-state index in [-0.39, 0.29) is 23.1 Å². The molecule has 16 heavy (non-hydrogen) atoms. The molecule has 0 bridgehead atoms. The lowest BCUT2D eigenvalue weighted by Gasteiger charge is -2.12. The van der Waals surface area contributed by atoms with Gasteiger partial charge in [-0.2, -0.15) is 0 Å². The van der Waals surface area contributed by atoms with Crippen molar-refractivity contribution in [3.05, 3.63) is 22.7 Å². The topological polar surface area (TPSA) is 76.0 Å². The van der Waals surface area contributed by atoms with Gasteiger partial charge in [-0.15, -0.1) is 0 Å². The number of hydrogen-bond donors (Lipinski definition) is 2. The third-order valence-electron chi connectivity index (χ3n) is 1.81. The van der Waals surface area contributed by atoms with Crippen molar-refractivity contribution in [2.75, 3.05) is 13.7 Å². The molecule has 0 aromatic heterocycles. The Morgan fingerprint density at radius 2 is 2.19 bits per heavy atom. The fourth-order valence-electron chi connectivity index (χ4n) is 1.14. The van der Waals surface area contributed by atoms with Crippen LogP contribution < -0.4 is 9.47 Å². The SMILES string of the molecule is COc1cc(CO)cc(Cl)c1OCC(=O)O. The van der Waals surface area contributed by atoms with E-state index in [4.69, 9.17) is 31.3 Å². The van der Waals surface area contributed by atoms with E-state index in [1.165, 1.54) is 19.2 Å². The van der Waals surface area contributed by atoms with Gasteiger partial charge in [-0.3, -0.25) is 0 Å². The smallest absolute Gasteiger partial charge is 0.341 e. The van der Waals surface area contributed by atoms with Gasteiger partial charge in [0.1, 0.15) is 0 Å². The van der Waals surface area contributed by atoms with Crippen molar-refractivity contribution < 1.29 is 24.5 Å². The van der Waals surface area contributed by atoms with Crippen molar-refractivity contribution in [3.63, 3.8) is 0 Å². The largest absolute Gasteiger partial charge is 0.493 e. The van der Waals surface area contributed by atoms with Crippen LogP contribution in [0.1, 0.15) is 5.56 Å². The summed E-state index contributed by atoms with van der Waals surface area (Å²) in [6.07, 6.45) is 0. The molecule has 1 aromatic carbocycles. The van der Waals surface area contributed by atoms with Crippen LogP contribution in [-0.2, 0) is 11.4 Å². The second-order valence-electron chi connectivity index (χ2n) is 2.95. The standard InChI is InChI=1S/C10H11ClO5/c1-15-8-3-6(4-12)2-7(11)10(8)16-5-9(13)14/h2-3,12H,4-5H2,1H3,(H,13,14). The van der Waals surface area contributed by atoms with Crippen LogP contribution in [0.3, 0.4) is 0 Å². The predicted molar refractivity (Wildman–Crippen MR) is 57.1 cm³/mol. The maximum Gasteiger partial charge on any atom is 0.341 e. The van der Waals surface area contributed by atoms with Gasteiger partial charge in [-0.25, -0.2) is 4.79 Å². The Hall–Kier alpha value is -1.46. The molecule has 0 aliphatic heterocycles. The Morgan fingerprint density at radius 1 is 1.50 bits per heavy atom. The van der Waals surface area contributed by atoms with Crippen molar-refractivity contribution in [3.8, 4) is 11.5 Å². The molecule has 0 amide bonds. The van der Waals surface area contributed by atoms with Crippen molar-refractivity contribution in [2.45, 2.75) is 6.61 Å². The van der Waals surface area contributed by atoms with Crippen LogP contribution in [0.4, 0.5) is 0 Å². The molecule has 0 fully saturated rings. The second kappa shape index (κ2) is 5.58. The van der Waals surface area contributed by atoms with Crippen LogP contribution in [0.15, 0.2) is 12.1 Å². The average molecular weight is 247 g/mol. The Labute approximate surface area is 97.2 Å². The number of aliphatic hydroxyl groups is 1. The number of hydrogen-bond acceptors (Lipinski definition) is 4. The first-order valence-corrected chi connectivity index (χ1v) is 4.78. The van der Waals surface area contributed by atoms with Crippen molar-refractivity contribution in [1.82, 2.24) is 0 Å². The quantitative estimate of drug-likeness (QED) is 0.819. The minimum atomic E-state index is -1.11. The van der Waals surface area contributed by atoms with Gasteiger partial charge in [-0.05, 0) is 17.7 Å². The Bertz CT molecular complexity index is 391. The summed E-state index contributed by atoms with van der Waals surface area (Å²) in [7, 11) is 1.40. The number of halogens is 1. The molecule has 1 aromatic rings. The second-order valence-corrected chi connectivity index (χ2v) is 3.36. The maximum absolute atomic E-state index is 10.4. The molecule has 0 heterocycles. The maximum atomic E-state index is 10.4. The van der Waals surface area contributed by atoms with E-state index in [2.05, 4.69) is 0 Å². The molecular formula is C10H11ClO5. The van der Waals surface area contributed by atoms with Gasteiger partial charge >= 0.3 is 5.97 Å². The average Bonchev–Trinajstić information content (AvgIpc) is 2.26. The summed E-state index contributed by atoms with van der Waals surface area (Å²) in [6, 6.07) is 3.02. The molecule has 1 rings (SSSR count). The first-order valence-electron chi connectivity index (χ1n) is 4.40. The van der Waals surface area contributed by atoms with Crippen LogP contribution >= 0.6 is 11.6 Å². The molecule has 0 aliphatic rings. The number of carbonyl (C=O) groups is 1. The fourth-order valence-corrected chi connectivity index (χ4v) is 1.43. The first-order chi connectivity index (χ1) is 7.58. The zero-order valence-corrected chi connectivity index (χ0v) is 9.32. The molecule has 0 spiro atoms. The minimum Gasteiger partial charge on any atom is -0.493 e. The van der Waals surface area contributed by atoms with Gasteiger partial charge in [0.25, 0.3) is 0 Å². The monoisotopic (exact) mass is 246 g/mol. The number of carboxylic acids is 1. The van der Waals surface area contributed by atoms with E-state index in [1.807, 2.05) is 0 Å². The third kappa shape index (κ3) is 3.01. The Morgan fingerprint density at radius 3 is 2.69 bits per heavy atom. The summed E-state index contributed by atoms with van der Waals surface area (Å²) in [5.41, 5.74) is 0.560. The van der Waals surface area contributed by atoms with E-state index < -0.39 is 12.6 Å². The molecule has 6 heteroatoms. The normalized spacial score (nSPS) is 9.94. The predicted octanol–water partition coefficient (Wildman–Crippen LogP) is 1.30. The number of carboxylic acid groups (broad SMARTS) is 1. The van der Waals surface area contributed by atoms with Crippen LogP contribution in [0, 0.1) is 0 Å². The van der Waals surface area contributed by atoms with Gasteiger partial charge in [0.2, 0.25) is 0 Å². The molecule has 0 unspecified atom stereocenters. The van der Waals surface area contributed by atoms with Crippen molar-refractivity contribution in [1.29, 1.82) is 0 Å². The summed E-state index contributed by atoms with van der Waals surface area (Å²) >= 11 is 5.87. The molecule has 2 N–H and O–H groups in total. The number of rotatable bonds is 5. The van der Waals surface area contributed by atoms with E-state index in [1.54, 1.807) is 0 Å². The highest BCUT2D eigenvalue weighted by Crippen LogP contribution is 2.36. The minimum absolute atomic E-state index is 0.156. The molecule has 0 saturated carbocycles. The van der Waals surface area contributed by atoms with Gasteiger partial charge < -0.3 is 19.7 Å². The van der Waals surface area contributed by atoms with Gasteiger partial charge in [0.05, 0.1) is 18.7 Å². The molecule has 0 aliphatic carbocycles. The van der Waals surface area contributed by atoms with E-state index in [0.717, 1.165) is 0 Å². The van der Waals surface area contributed by atoms with Crippen LogP contribution in [-0.4, -0.2) is 29.9 Å². The zero-order chi connectivity index (χ0) is 12.1. The molecule has 0 saturated heterocycles. The van der Waals surface area contributed by atoms with Crippen LogP contribution in [0.5, 0.6) is 11.5 Å². The molecule has 88 valence electrons. The summed E-state index contributed by atoms with van der Waals surface area (Å²) in [4.78, 5) is 10.4. The van der Waals surface area contributed by atoms with E-state index in [9.17, 15) is 4.79 Å². The molecule has 0 radical (unpaired) electrons. The Balaban J connectivity index is 3.01. The lowest BCUT2D eigenvalue weighted by molar-refractivity contribution is -0.139. The summed E-state index contributed by atoms with van der Waals surface area (Å²) in [6.45, 7) is -0.691. The van der Waals surface area contributed by atoms with Crippen molar-refractivity contribution in [2.24, 2.45) is 0 Å². The van der Waals surface area contributed by atoms with Crippen LogP contribution in [0.2, 0.25) is 5.02 Å². The van der Waals surface area contributed by atoms with E-state index >= 15 is 0 Å². The summed E-state index contributed by atoms with van der Waals surface area (Å²) in [5, 5.41) is 17.6. The van der Waals surface area contributed by atoms with Crippen LogP contribution in [0.25, 0.3) is 0 Å². The van der Waals surface area contributed by atoms with Gasteiger partial charge in [0.15, 0.2) is 18.1 Å². The lowest BCUT2D eigenvalue weighted by atomic mass is 10.2. The van der Waals surface area contributed by atoms with Gasteiger partial charge in [0, 0.05) is 0 Å². The molecular weight excluding hydrogens is 236 g/mol. The third-order valence-corrected chi connectivity index (χ3v) is 2.09. The molecule has 0 atom stereocenters. The number of methoxy groups -OCH3 is 1. The number of aliphatic carboxylic acids is 1. The summed E-state index contributed by atoms with van der Waals surface area (Å²) < 4.78 is 9.97. The molecule has 5 nitrogen and oxygen atoms in total. The number of benzene rings is 1. The lowest BCUT2D eigenvalue weighted by Crippen LogP contribution is -2.10. The highest BCUT2D eigenvalue weighted by Gasteiger charge is 2.13. The Kier molecular flexibility index (Phi) is 4.39. The zero-order valence-electron chi connectivity index (χ0n) is 8.57. The fraction of sp³-hybridized carbons (Fsp3) is 0.300. The van der Waals surface area contributed by atoms with Gasteiger partial charge in [-0.1, -0.05) is 11.6 Å². The van der Waals surface area contributed by atoms with E-state index in [0.29, 0.717) is 5.56 Å². The summed E-state index contributed by atoms with van der Waals surface area (Å²) in [5.74, 6) is -0.661.